The van der Waals surface area contributed by atoms with Gasteiger partial charge >= 0.3 is 12.1 Å². The van der Waals surface area contributed by atoms with E-state index in [2.05, 4.69) is 10.6 Å². The van der Waals surface area contributed by atoms with Crippen LogP contribution in [0.2, 0.25) is 0 Å². The predicted molar refractivity (Wildman–Crippen MR) is 124 cm³/mol. The highest BCUT2D eigenvalue weighted by Crippen LogP contribution is 2.44. The maximum atomic E-state index is 12.8. The Bertz CT molecular complexity index is 1270. The van der Waals surface area contributed by atoms with E-state index in [9.17, 15) is 24.6 Å². The summed E-state index contributed by atoms with van der Waals surface area (Å²) in [4.78, 5) is 36.9. The number of phenolic OH excluding ortho intramolecular Hbond substituents is 1. The summed E-state index contributed by atoms with van der Waals surface area (Å²) in [7, 11) is 0. The molecule has 0 unspecified atom stereocenters. The van der Waals surface area contributed by atoms with Crippen LogP contribution in [0.4, 0.5) is 10.5 Å². The molecule has 8 nitrogen and oxygen atoms in total. The first kappa shape index (κ1) is 21.5. The van der Waals surface area contributed by atoms with Crippen molar-refractivity contribution in [2.75, 3.05) is 11.9 Å². The van der Waals surface area contributed by atoms with Crippen molar-refractivity contribution in [3.8, 4) is 16.9 Å². The zero-order valence-corrected chi connectivity index (χ0v) is 18.1. The number of alkyl carbamates (subject to hydrolysis) is 1. The molecule has 5 rings (SSSR count). The van der Waals surface area contributed by atoms with Gasteiger partial charge in [0.1, 0.15) is 17.9 Å². The molecule has 0 bridgehead atoms. The van der Waals surface area contributed by atoms with Crippen LogP contribution in [0.15, 0.2) is 66.7 Å². The van der Waals surface area contributed by atoms with Crippen molar-refractivity contribution >= 4 is 23.7 Å². The summed E-state index contributed by atoms with van der Waals surface area (Å²) in [6.45, 7) is 0.124. The Morgan fingerprint density at radius 3 is 2.15 bits per heavy atom. The van der Waals surface area contributed by atoms with Crippen LogP contribution in [-0.2, 0) is 9.53 Å². The second-order valence-corrected chi connectivity index (χ2v) is 8.52. The van der Waals surface area contributed by atoms with E-state index in [0.29, 0.717) is 12.8 Å². The van der Waals surface area contributed by atoms with Crippen LogP contribution in [0, 0.1) is 0 Å². The minimum absolute atomic E-state index is 0.0379. The molecule has 0 saturated heterocycles. The third kappa shape index (κ3) is 3.83. The molecule has 0 aromatic heterocycles. The van der Waals surface area contributed by atoms with E-state index in [4.69, 9.17) is 4.74 Å². The lowest BCUT2D eigenvalue weighted by molar-refractivity contribution is -0.119. The smallest absolute Gasteiger partial charge is 0.408 e. The van der Waals surface area contributed by atoms with Gasteiger partial charge in [0.15, 0.2) is 0 Å². The number of fused-ring (bicyclic) bond motifs is 3. The van der Waals surface area contributed by atoms with E-state index in [1.165, 1.54) is 12.1 Å². The second kappa shape index (κ2) is 8.22. The number of anilines is 1. The van der Waals surface area contributed by atoms with Crippen molar-refractivity contribution < 1.29 is 29.3 Å². The van der Waals surface area contributed by atoms with Crippen molar-refractivity contribution in [2.45, 2.75) is 24.3 Å². The average molecular weight is 458 g/mol. The van der Waals surface area contributed by atoms with Gasteiger partial charge in [-0.1, -0.05) is 48.5 Å². The highest BCUT2D eigenvalue weighted by atomic mass is 16.5. The number of rotatable bonds is 6. The number of carbonyl (C=O) groups is 3. The predicted octanol–water partition coefficient (Wildman–Crippen LogP) is 4.10. The third-order valence-electron chi connectivity index (χ3n) is 6.35. The molecule has 2 amide bonds. The Balaban J connectivity index is 1.25. The first-order valence-electron chi connectivity index (χ1n) is 10.9. The number of phenols is 1. The van der Waals surface area contributed by atoms with Crippen molar-refractivity contribution in [1.82, 2.24) is 5.32 Å². The van der Waals surface area contributed by atoms with E-state index in [1.54, 1.807) is 0 Å². The van der Waals surface area contributed by atoms with Crippen LogP contribution in [0.1, 0.15) is 40.2 Å². The number of carbonyl (C=O) groups excluding carboxylic acids is 2. The highest BCUT2D eigenvalue weighted by Gasteiger charge is 2.52. The molecule has 2 aliphatic rings. The molecule has 2 aliphatic carbocycles. The molecule has 3 aromatic rings. The van der Waals surface area contributed by atoms with Crippen LogP contribution >= 0.6 is 0 Å². The number of benzene rings is 3. The summed E-state index contributed by atoms with van der Waals surface area (Å²) in [5.74, 6) is -2.15. The molecule has 1 saturated carbocycles. The number of hydrogen-bond donors (Lipinski definition) is 4. The van der Waals surface area contributed by atoms with Gasteiger partial charge in [0.2, 0.25) is 5.91 Å². The number of nitrogens with one attached hydrogen (secondary N) is 2. The van der Waals surface area contributed by atoms with Crippen molar-refractivity contribution in [2.24, 2.45) is 0 Å². The fourth-order valence-electron chi connectivity index (χ4n) is 4.42. The van der Waals surface area contributed by atoms with Gasteiger partial charge in [-0.2, -0.15) is 0 Å². The molecule has 3 aromatic carbocycles. The van der Waals surface area contributed by atoms with Crippen LogP contribution in [0.3, 0.4) is 0 Å². The molecule has 0 heterocycles. The van der Waals surface area contributed by atoms with Crippen molar-refractivity contribution in [3.05, 3.63) is 83.4 Å². The van der Waals surface area contributed by atoms with E-state index < -0.39 is 23.5 Å². The number of ether oxygens (including phenoxy) is 1. The molecular weight excluding hydrogens is 436 g/mol. The van der Waals surface area contributed by atoms with Crippen LogP contribution in [0.25, 0.3) is 11.1 Å². The fourth-order valence-corrected chi connectivity index (χ4v) is 4.42. The average Bonchev–Trinajstić information content (AvgIpc) is 3.54. The third-order valence-corrected chi connectivity index (χ3v) is 6.35. The Kier molecular flexibility index (Phi) is 5.20. The van der Waals surface area contributed by atoms with Gasteiger partial charge in [0.25, 0.3) is 0 Å². The van der Waals surface area contributed by atoms with Gasteiger partial charge in [-0.25, -0.2) is 9.59 Å². The molecule has 8 heteroatoms. The number of aromatic carboxylic acids is 1. The molecule has 4 N–H and O–H groups in total. The SMILES string of the molecule is O=C(NC1(C(=O)Nc2ccc(O)cc2C(=O)O)CC1)OCC1c2ccccc2-c2ccccc21. The summed E-state index contributed by atoms with van der Waals surface area (Å²) in [5.41, 5.74) is 3.05. The highest BCUT2D eigenvalue weighted by molar-refractivity contribution is 6.06. The maximum absolute atomic E-state index is 12.8. The summed E-state index contributed by atoms with van der Waals surface area (Å²) < 4.78 is 5.54. The molecule has 0 spiro atoms. The topological polar surface area (TPSA) is 125 Å². The molecule has 172 valence electrons. The normalized spacial score (nSPS) is 15.1. The summed E-state index contributed by atoms with van der Waals surface area (Å²) in [6, 6.07) is 19.6. The van der Waals surface area contributed by atoms with Crippen LogP contribution in [-0.4, -0.2) is 40.3 Å². The minimum Gasteiger partial charge on any atom is -0.508 e. The largest absolute Gasteiger partial charge is 0.508 e. The zero-order valence-electron chi connectivity index (χ0n) is 18.1. The van der Waals surface area contributed by atoms with Gasteiger partial charge < -0.3 is 25.6 Å². The van der Waals surface area contributed by atoms with Gasteiger partial charge in [-0.15, -0.1) is 0 Å². The summed E-state index contributed by atoms with van der Waals surface area (Å²) in [5, 5.41) is 24.1. The van der Waals surface area contributed by atoms with E-state index in [0.717, 1.165) is 28.3 Å². The van der Waals surface area contributed by atoms with E-state index in [-0.39, 0.29) is 29.5 Å². The lowest BCUT2D eigenvalue weighted by Gasteiger charge is -2.19. The van der Waals surface area contributed by atoms with Gasteiger partial charge in [0, 0.05) is 5.92 Å². The first-order valence-corrected chi connectivity index (χ1v) is 10.9. The molecule has 0 atom stereocenters. The lowest BCUT2D eigenvalue weighted by Crippen LogP contribution is -2.46. The van der Waals surface area contributed by atoms with Gasteiger partial charge in [-0.05, 0) is 53.3 Å². The lowest BCUT2D eigenvalue weighted by atomic mass is 9.98. The first-order chi connectivity index (χ1) is 16.4. The Morgan fingerprint density at radius 1 is 0.941 bits per heavy atom. The summed E-state index contributed by atoms with van der Waals surface area (Å²) in [6.07, 6.45) is 0.103. The summed E-state index contributed by atoms with van der Waals surface area (Å²) >= 11 is 0. The number of amides is 2. The molecular formula is C26H22N2O6. The fraction of sp³-hybridized carbons (Fsp3) is 0.192. The van der Waals surface area contributed by atoms with Gasteiger partial charge in [0.05, 0.1) is 11.3 Å². The van der Waals surface area contributed by atoms with Crippen LogP contribution in [0.5, 0.6) is 5.75 Å². The minimum atomic E-state index is -1.29. The molecule has 0 radical (unpaired) electrons. The Labute approximate surface area is 195 Å². The molecule has 0 aliphatic heterocycles. The maximum Gasteiger partial charge on any atom is 0.408 e. The Morgan fingerprint density at radius 2 is 1.56 bits per heavy atom. The van der Waals surface area contributed by atoms with E-state index in [1.807, 2.05) is 48.5 Å². The number of carboxylic acid groups (broad SMARTS) is 1. The standard InChI is InChI=1S/C26H22N2O6/c29-15-9-10-22(20(13-15)23(30)31)27-24(32)26(11-12-26)28-25(33)34-14-21-18-7-3-1-5-16(18)17-6-2-4-8-19(17)21/h1-10,13,21,29H,11-12,14H2,(H,27,32)(H,28,33)(H,30,31). The van der Waals surface area contributed by atoms with E-state index >= 15 is 0 Å². The quantitative estimate of drug-likeness (QED) is 0.412. The Hall–Kier alpha value is -4.33. The molecule has 34 heavy (non-hydrogen) atoms. The van der Waals surface area contributed by atoms with Gasteiger partial charge in [-0.3, -0.25) is 4.79 Å². The number of hydrogen-bond acceptors (Lipinski definition) is 5. The molecule has 1 fully saturated rings. The monoisotopic (exact) mass is 458 g/mol. The number of carboxylic acids is 1. The van der Waals surface area contributed by atoms with Crippen LogP contribution < -0.4 is 10.6 Å². The second-order valence-electron chi connectivity index (χ2n) is 8.52. The number of aromatic hydroxyl groups is 1. The van der Waals surface area contributed by atoms with Crippen molar-refractivity contribution in [1.29, 1.82) is 0 Å². The van der Waals surface area contributed by atoms with Crippen molar-refractivity contribution in [3.63, 3.8) is 0 Å². The zero-order chi connectivity index (χ0) is 23.9.